The number of carbonyl (C=O) groups excluding carboxylic acids is 1. The molecule has 1 saturated heterocycles. The SMILES string of the molecule is CNCC1CCN(C(=O)c2cncn2-c2ccc(F)cc2)CC1.Cl.Cl. The smallest absolute Gasteiger partial charge is 0.272 e. The van der Waals surface area contributed by atoms with E-state index in [4.69, 9.17) is 0 Å². The molecule has 0 saturated carbocycles. The Hall–Kier alpha value is -1.63. The number of carbonyl (C=O) groups is 1. The highest BCUT2D eigenvalue weighted by Crippen LogP contribution is 2.20. The third-order valence-electron chi connectivity index (χ3n) is 4.36. The molecule has 2 aromatic rings. The van der Waals surface area contributed by atoms with Crippen molar-refractivity contribution in [3.8, 4) is 5.69 Å². The van der Waals surface area contributed by atoms with Gasteiger partial charge in [-0.15, -0.1) is 24.8 Å². The lowest BCUT2D eigenvalue weighted by Crippen LogP contribution is -2.41. The van der Waals surface area contributed by atoms with Crippen LogP contribution in [0.2, 0.25) is 0 Å². The molecule has 0 spiro atoms. The number of piperidine rings is 1. The quantitative estimate of drug-likeness (QED) is 0.875. The number of nitrogens with one attached hydrogen (secondary N) is 1. The van der Waals surface area contributed by atoms with Gasteiger partial charge in [0.05, 0.1) is 12.5 Å². The molecule has 1 fully saturated rings. The van der Waals surface area contributed by atoms with Crippen molar-refractivity contribution in [1.29, 1.82) is 0 Å². The number of imidazole rings is 1. The normalized spacial score (nSPS) is 14.6. The van der Waals surface area contributed by atoms with Crippen LogP contribution < -0.4 is 5.32 Å². The van der Waals surface area contributed by atoms with Gasteiger partial charge in [0.15, 0.2) is 0 Å². The summed E-state index contributed by atoms with van der Waals surface area (Å²) in [4.78, 5) is 18.7. The number of rotatable bonds is 4. The van der Waals surface area contributed by atoms with Crippen LogP contribution in [0.4, 0.5) is 4.39 Å². The molecule has 25 heavy (non-hydrogen) atoms. The van der Waals surface area contributed by atoms with Crippen LogP contribution in [-0.2, 0) is 0 Å². The molecule has 138 valence electrons. The van der Waals surface area contributed by atoms with Gasteiger partial charge in [0.25, 0.3) is 5.91 Å². The second-order valence-corrected chi connectivity index (χ2v) is 5.92. The fourth-order valence-corrected chi connectivity index (χ4v) is 3.05. The predicted octanol–water partition coefficient (Wildman–Crippen LogP) is 2.93. The molecule has 1 amide bonds. The lowest BCUT2D eigenvalue weighted by atomic mass is 9.96. The number of aromatic nitrogens is 2. The summed E-state index contributed by atoms with van der Waals surface area (Å²) in [5.74, 6) is 0.314. The Morgan fingerprint density at radius 1 is 1.24 bits per heavy atom. The van der Waals surface area contributed by atoms with Gasteiger partial charge in [-0.2, -0.15) is 0 Å². The maximum Gasteiger partial charge on any atom is 0.272 e. The molecule has 8 heteroatoms. The van der Waals surface area contributed by atoms with E-state index in [-0.39, 0.29) is 36.5 Å². The van der Waals surface area contributed by atoms with Crippen LogP contribution in [-0.4, -0.2) is 47.0 Å². The number of benzene rings is 1. The van der Waals surface area contributed by atoms with E-state index < -0.39 is 0 Å². The van der Waals surface area contributed by atoms with E-state index in [0.717, 1.165) is 38.2 Å². The highest BCUT2D eigenvalue weighted by Gasteiger charge is 2.25. The lowest BCUT2D eigenvalue weighted by molar-refractivity contribution is 0.0683. The molecule has 3 rings (SSSR count). The number of nitrogens with zero attached hydrogens (tertiary/aromatic N) is 3. The molecular formula is C17H23Cl2FN4O. The molecule has 0 atom stereocenters. The maximum atomic E-state index is 13.1. The monoisotopic (exact) mass is 388 g/mol. The van der Waals surface area contributed by atoms with Crippen molar-refractivity contribution in [2.24, 2.45) is 5.92 Å². The van der Waals surface area contributed by atoms with E-state index in [1.165, 1.54) is 12.1 Å². The van der Waals surface area contributed by atoms with Crippen LogP contribution in [0.15, 0.2) is 36.8 Å². The number of amides is 1. The molecule has 1 aromatic heterocycles. The van der Waals surface area contributed by atoms with E-state index in [1.54, 1.807) is 29.2 Å². The Balaban J connectivity index is 0.00000156. The molecule has 0 unspecified atom stereocenters. The first-order valence-corrected chi connectivity index (χ1v) is 7.91. The second-order valence-electron chi connectivity index (χ2n) is 5.92. The maximum absolute atomic E-state index is 13.1. The first-order chi connectivity index (χ1) is 11.2. The van der Waals surface area contributed by atoms with Gasteiger partial charge in [0.1, 0.15) is 11.5 Å². The molecule has 1 aliphatic rings. The Kier molecular flexibility index (Phi) is 8.35. The molecular weight excluding hydrogens is 366 g/mol. The van der Waals surface area contributed by atoms with Gasteiger partial charge in [-0.1, -0.05) is 0 Å². The summed E-state index contributed by atoms with van der Waals surface area (Å²) in [5, 5.41) is 3.20. The Bertz CT molecular complexity index is 670. The van der Waals surface area contributed by atoms with Gasteiger partial charge < -0.3 is 10.2 Å². The summed E-state index contributed by atoms with van der Waals surface area (Å²) in [6.07, 6.45) is 5.19. The standard InChI is InChI=1S/C17H21FN4O.2ClH/c1-19-10-13-6-8-21(9-7-13)17(23)16-11-20-12-22(16)15-4-2-14(18)3-5-15;;/h2-5,11-13,19H,6-10H2,1H3;2*1H. The van der Waals surface area contributed by atoms with E-state index in [0.29, 0.717) is 11.6 Å². The fourth-order valence-electron chi connectivity index (χ4n) is 3.05. The largest absolute Gasteiger partial charge is 0.337 e. The van der Waals surface area contributed by atoms with Crippen molar-refractivity contribution in [3.05, 3.63) is 48.3 Å². The van der Waals surface area contributed by atoms with E-state index in [9.17, 15) is 9.18 Å². The second kappa shape index (κ2) is 9.75. The van der Waals surface area contributed by atoms with Gasteiger partial charge in [-0.25, -0.2) is 9.37 Å². The van der Waals surface area contributed by atoms with Crippen molar-refractivity contribution in [2.45, 2.75) is 12.8 Å². The summed E-state index contributed by atoms with van der Waals surface area (Å²) < 4.78 is 14.8. The Morgan fingerprint density at radius 2 is 1.88 bits per heavy atom. The van der Waals surface area contributed by atoms with Crippen molar-refractivity contribution in [3.63, 3.8) is 0 Å². The number of hydrogen-bond donors (Lipinski definition) is 1. The molecule has 0 aliphatic carbocycles. The van der Waals surface area contributed by atoms with Crippen LogP contribution in [0.1, 0.15) is 23.3 Å². The van der Waals surface area contributed by atoms with E-state index in [2.05, 4.69) is 10.3 Å². The minimum Gasteiger partial charge on any atom is -0.337 e. The van der Waals surface area contributed by atoms with Crippen molar-refractivity contribution in [1.82, 2.24) is 19.8 Å². The van der Waals surface area contributed by atoms with Crippen molar-refractivity contribution >= 4 is 30.7 Å². The van der Waals surface area contributed by atoms with Gasteiger partial charge in [0.2, 0.25) is 0 Å². The summed E-state index contributed by atoms with van der Waals surface area (Å²) in [5.41, 5.74) is 1.25. The molecule has 2 heterocycles. The highest BCUT2D eigenvalue weighted by atomic mass is 35.5. The Morgan fingerprint density at radius 3 is 2.48 bits per heavy atom. The number of hydrogen-bond acceptors (Lipinski definition) is 3. The average Bonchev–Trinajstić information content (AvgIpc) is 3.05. The molecule has 0 bridgehead atoms. The van der Waals surface area contributed by atoms with Crippen molar-refractivity contribution < 1.29 is 9.18 Å². The lowest BCUT2D eigenvalue weighted by Gasteiger charge is -2.32. The van der Waals surface area contributed by atoms with Crippen molar-refractivity contribution in [2.75, 3.05) is 26.7 Å². The minimum absolute atomic E-state index is 0. The predicted molar refractivity (Wildman–Crippen MR) is 101 cm³/mol. The minimum atomic E-state index is -0.298. The van der Waals surface area contributed by atoms with Gasteiger partial charge in [-0.3, -0.25) is 9.36 Å². The molecule has 1 N–H and O–H groups in total. The summed E-state index contributed by atoms with van der Waals surface area (Å²) >= 11 is 0. The van der Waals surface area contributed by atoms with Gasteiger partial charge in [0, 0.05) is 18.8 Å². The summed E-state index contributed by atoms with van der Waals surface area (Å²) in [7, 11) is 1.96. The zero-order valence-corrected chi connectivity index (χ0v) is 15.7. The molecule has 1 aromatic carbocycles. The summed E-state index contributed by atoms with van der Waals surface area (Å²) in [6, 6.07) is 6.06. The Labute approximate surface area is 159 Å². The number of halogens is 3. The average molecular weight is 389 g/mol. The zero-order chi connectivity index (χ0) is 16.2. The van der Waals surface area contributed by atoms with Crippen LogP contribution in [0, 0.1) is 11.7 Å². The molecule has 1 aliphatic heterocycles. The topological polar surface area (TPSA) is 50.2 Å². The fraction of sp³-hybridized carbons (Fsp3) is 0.412. The number of likely N-dealkylation sites (tertiary alicyclic amines) is 1. The first-order valence-electron chi connectivity index (χ1n) is 7.91. The van der Waals surface area contributed by atoms with Gasteiger partial charge in [-0.05, 0) is 56.6 Å². The first kappa shape index (κ1) is 21.4. The van der Waals surface area contributed by atoms with E-state index >= 15 is 0 Å². The summed E-state index contributed by atoms with van der Waals surface area (Å²) in [6.45, 7) is 2.52. The zero-order valence-electron chi connectivity index (χ0n) is 14.0. The molecule has 0 radical (unpaired) electrons. The third-order valence-corrected chi connectivity index (χ3v) is 4.36. The third kappa shape index (κ3) is 4.93. The van der Waals surface area contributed by atoms with Gasteiger partial charge >= 0.3 is 0 Å². The van der Waals surface area contributed by atoms with Crippen LogP contribution >= 0.6 is 24.8 Å². The van der Waals surface area contributed by atoms with E-state index in [1.807, 2.05) is 11.9 Å². The van der Waals surface area contributed by atoms with Crippen LogP contribution in [0.25, 0.3) is 5.69 Å². The highest BCUT2D eigenvalue weighted by molar-refractivity contribution is 5.93. The molecule has 5 nitrogen and oxygen atoms in total. The van der Waals surface area contributed by atoms with Crippen LogP contribution in [0.5, 0.6) is 0 Å². The van der Waals surface area contributed by atoms with Crippen LogP contribution in [0.3, 0.4) is 0 Å².